The molecule has 0 aliphatic carbocycles. The van der Waals surface area contributed by atoms with E-state index in [0.29, 0.717) is 10.6 Å². The highest BCUT2D eigenvalue weighted by Crippen LogP contribution is 2.25. The van der Waals surface area contributed by atoms with E-state index in [2.05, 4.69) is 0 Å². The molecule has 0 heterocycles. The summed E-state index contributed by atoms with van der Waals surface area (Å²) >= 11 is 0. The van der Waals surface area contributed by atoms with E-state index in [-0.39, 0.29) is 0 Å². The van der Waals surface area contributed by atoms with Gasteiger partial charge in [0.15, 0.2) is 6.04 Å². The molecule has 0 radical (unpaired) electrons. The average Bonchev–Trinajstić information content (AvgIpc) is 2.45. The maximum absolute atomic E-state index is 12.3. The molecule has 0 unspecified atom stereocenters. The molecular weight excluding hydrogens is 302 g/mol. The zero-order valence-corrected chi connectivity index (χ0v) is 13.9. The molecule has 1 atom stereocenters. The Labute approximate surface area is 135 Å². The number of nitrogens with zero attached hydrogens (tertiary/aromatic N) is 1. The molecule has 0 saturated carbocycles. The highest BCUT2D eigenvalue weighted by molar-refractivity contribution is 5.83. The summed E-state index contributed by atoms with van der Waals surface area (Å²) in [5.74, 6) is -1.52. The summed E-state index contributed by atoms with van der Waals surface area (Å²) in [6.45, 7) is 6.10. The van der Waals surface area contributed by atoms with E-state index < -0.39 is 29.7 Å². The molecule has 0 spiro atoms. The summed E-state index contributed by atoms with van der Waals surface area (Å²) in [6.07, 6.45) is -0.966. The average molecular weight is 323 g/mol. The van der Waals surface area contributed by atoms with Crippen LogP contribution >= 0.6 is 0 Å². The second kappa shape index (κ2) is 7.62. The largest absolute Gasteiger partial charge is 0.467 e. The van der Waals surface area contributed by atoms with Gasteiger partial charge in [0.2, 0.25) is 0 Å². The molecular formula is C16H21NO6. The van der Waals surface area contributed by atoms with E-state index in [1.807, 2.05) is 0 Å². The first kappa shape index (κ1) is 18.5. The minimum Gasteiger partial charge on any atom is -0.467 e. The topological polar surface area (TPSA) is 82.1 Å². The van der Waals surface area contributed by atoms with Crippen LogP contribution in [0, 0.1) is 0 Å². The molecule has 0 bridgehead atoms. The molecule has 1 amide bonds. The van der Waals surface area contributed by atoms with E-state index in [4.69, 9.17) is 14.3 Å². The third-order valence-corrected chi connectivity index (χ3v) is 2.57. The Morgan fingerprint density at radius 1 is 1.09 bits per heavy atom. The van der Waals surface area contributed by atoms with Gasteiger partial charge >= 0.3 is 18.0 Å². The maximum Gasteiger partial charge on any atom is 0.445 e. The number of methoxy groups -OCH3 is 1. The van der Waals surface area contributed by atoms with Gasteiger partial charge < -0.3 is 14.3 Å². The van der Waals surface area contributed by atoms with E-state index >= 15 is 0 Å². The predicted octanol–water partition coefficient (Wildman–Crippen LogP) is 2.62. The van der Waals surface area contributed by atoms with Crippen molar-refractivity contribution >= 4 is 18.0 Å². The van der Waals surface area contributed by atoms with Crippen molar-refractivity contribution in [1.29, 1.82) is 0 Å². The number of benzene rings is 1. The zero-order chi connectivity index (χ0) is 17.6. The molecule has 1 aromatic carbocycles. The Balaban J connectivity index is 3.24. The van der Waals surface area contributed by atoms with Crippen LogP contribution in [0.2, 0.25) is 0 Å². The number of hydrogen-bond acceptors (Lipinski definition) is 6. The Morgan fingerprint density at radius 2 is 1.65 bits per heavy atom. The first-order chi connectivity index (χ1) is 10.7. The van der Waals surface area contributed by atoms with Crippen molar-refractivity contribution in [1.82, 2.24) is 5.06 Å². The fourth-order valence-electron chi connectivity index (χ4n) is 1.75. The number of esters is 1. The number of carbonyl (C=O) groups is 3. The van der Waals surface area contributed by atoms with Crippen molar-refractivity contribution in [2.45, 2.75) is 39.3 Å². The number of ether oxygens (including phenoxy) is 2. The predicted molar refractivity (Wildman–Crippen MR) is 81.0 cm³/mol. The Morgan fingerprint density at radius 3 is 2.09 bits per heavy atom. The van der Waals surface area contributed by atoms with Crippen LogP contribution in [0.3, 0.4) is 0 Å². The standard InChI is InChI=1S/C16H21NO6/c1-11(18)23-17(15(20)22-16(2,3)4)13(14(19)21-5)12-9-7-6-8-10-12/h6-10,13H,1-5H3/t13-/m0/s1. The first-order valence-electron chi connectivity index (χ1n) is 6.99. The maximum atomic E-state index is 12.3. The number of rotatable bonds is 3. The summed E-state index contributed by atoms with van der Waals surface area (Å²) in [4.78, 5) is 40.8. The molecule has 7 nitrogen and oxygen atoms in total. The highest BCUT2D eigenvalue weighted by atomic mass is 16.8. The van der Waals surface area contributed by atoms with Crippen LogP contribution in [0.4, 0.5) is 4.79 Å². The molecule has 7 heteroatoms. The van der Waals surface area contributed by atoms with Crippen molar-refractivity contribution in [2.24, 2.45) is 0 Å². The summed E-state index contributed by atoms with van der Waals surface area (Å²) < 4.78 is 9.93. The molecule has 0 aromatic heterocycles. The van der Waals surface area contributed by atoms with E-state index in [0.717, 1.165) is 6.92 Å². The molecule has 0 aliphatic heterocycles. The van der Waals surface area contributed by atoms with E-state index in [1.165, 1.54) is 7.11 Å². The minimum absolute atomic E-state index is 0.423. The van der Waals surface area contributed by atoms with Crippen LogP contribution in [-0.4, -0.2) is 35.8 Å². The van der Waals surface area contributed by atoms with Gasteiger partial charge in [-0.25, -0.2) is 9.59 Å². The Kier molecular flexibility index (Phi) is 6.12. The Bertz CT molecular complexity index is 564. The summed E-state index contributed by atoms with van der Waals surface area (Å²) in [5.41, 5.74) is -0.404. The summed E-state index contributed by atoms with van der Waals surface area (Å²) in [7, 11) is 1.18. The van der Waals surface area contributed by atoms with E-state index in [9.17, 15) is 14.4 Å². The Hall–Kier alpha value is -2.57. The van der Waals surface area contributed by atoms with Gasteiger partial charge in [-0.15, -0.1) is 5.06 Å². The van der Waals surface area contributed by atoms with Crippen molar-refractivity contribution in [2.75, 3.05) is 7.11 Å². The SMILES string of the molecule is COC(=O)[C@H](c1ccccc1)N(OC(C)=O)C(=O)OC(C)(C)C. The van der Waals surface area contributed by atoms with E-state index in [1.54, 1.807) is 51.1 Å². The molecule has 126 valence electrons. The number of carbonyl (C=O) groups excluding carboxylic acids is 3. The van der Waals surface area contributed by atoms with Gasteiger partial charge in [0.1, 0.15) is 5.60 Å². The van der Waals surface area contributed by atoms with Crippen LogP contribution in [0.1, 0.15) is 39.3 Å². The van der Waals surface area contributed by atoms with Gasteiger partial charge in [-0.05, 0) is 26.3 Å². The van der Waals surface area contributed by atoms with Crippen LogP contribution in [0.15, 0.2) is 30.3 Å². The minimum atomic E-state index is -1.26. The third kappa shape index (κ3) is 5.61. The molecule has 23 heavy (non-hydrogen) atoms. The third-order valence-electron chi connectivity index (χ3n) is 2.57. The lowest BCUT2D eigenvalue weighted by Crippen LogP contribution is -2.43. The molecule has 0 aliphatic rings. The highest BCUT2D eigenvalue weighted by Gasteiger charge is 2.38. The summed E-state index contributed by atoms with van der Waals surface area (Å²) in [6, 6.07) is 7.09. The van der Waals surface area contributed by atoms with Crippen molar-refractivity contribution in [3.8, 4) is 0 Å². The number of amides is 1. The van der Waals surface area contributed by atoms with Gasteiger partial charge in [0.05, 0.1) is 7.11 Å². The molecule has 0 N–H and O–H groups in total. The lowest BCUT2D eigenvalue weighted by molar-refractivity contribution is -0.198. The zero-order valence-electron chi connectivity index (χ0n) is 13.9. The van der Waals surface area contributed by atoms with Gasteiger partial charge in [-0.3, -0.25) is 4.79 Å². The van der Waals surface area contributed by atoms with Crippen LogP contribution < -0.4 is 0 Å². The molecule has 0 fully saturated rings. The van der Waals surface area contributed by atoms with Crippen LogP contribution in [0.25, 0.3) is 0 Å². The quantitative estimate of drug-likeness (QED) is 0.628. The van der Waals surface area contributed by atoms with Gasteiger partial charge in [-0.2, -0.15) is 0 Å². The summed E-state index contributed by atoms with van der Waals surface area (Å²) in [5, 5.41) is 0.592. The van der Waals surface area contributed by atoms with Crippen molar-refractivity contribution < 1.29 is 28.7 Å². The van der Waals surface area contributed by atoms with Crippen LogP contribution in [0.5, 0.6) is 0 Å². The molecule has 1 aromatic rings. The number of hydrogen-bond donors (Lipinski definition) is 0. The second-order valence-corrected chi connectivity index (χ2v) is 5.73. The lowest BCUT2D eigenvalue weighted by Gasteiger charge is -2.30. The van der Waals surface area contributed by atoms with Gasteiger partial charge in [0, 0.05) is 6.92 Å². The fourth-order valence-corrected chi connectivity index (χ4v) is 1.75. The first-order valence-corrected chi connectivity index (χ1v) is 6.99. The monoisotopic (exact) mass is 323 g/mol. The van der Waals surface area contributed by atoms with Crippen molar-refractivity contribution in [3.05, 3.63) is 35.9 Å². The second-order valence-electron chi connectivity index (χ2n) is 5.73. The fraction of sp³-hybridized carbons (Fsp3) is 0.438. The number of hydroxylamine groups is 2. The molecule has 1 rings (SSSR count). The normalized spacial score (nSPS) is 12.0. The van der Waals surface area contributed by atoms with Crippen molar-refractivity contribution in [3.63, 3.8) is 0 Å². The molecule has 0 saturated heterocycles. The van der Waals surface area contributed by atoms with Crippen LogP contribution in [-0.2, 0) is 23.9 Å². The lowest BCUT2D eigenvalue weighted by atomic mass is 10.1. The van der Waals surface area contributed by atoms with Gasteiger partial charge in [-0.1, -0.05) is 30.3 Å². The van der Waals surface area contributed by atoms with Gasteiger partial charge in [0.25, 0.3) is 0 Å². The smallest absolute Gasteiger partial charge is 0.445 e.